The number of nitriles is 1. The number of nitrogens with zero attached hydrogens (tertiary/aromatic N) is 2. The number of carbonyl (C=O) groups is 2. The van der Waals surface area contributed by atoms with E-state index in [1.54, 1.807) is 0 Å². The highest BCUT2D eigenvalue weighted by atomic mass is 32.2. The molecule has 0 unspecified atom stereocenters. The maximum atomic E-state index is 10.8. The first kappa shape index (κ1) is 7.88. The Labute approximate surface area is 67.3 Å². The number of imide groups is 1. The predicted molar refractivity (Wildman–Crippen MR) is 38.3 cm³/mol. The van der Waals surface area contributed by atoms with E-state index in [4.69, 9.17) is 5.26 Å². The van der Waals surface area contributed by atoms with Gasteiger partial charge in [-0.2, -0.15) is 5.26 Å². The van der Waals surface area contributed by atoms with E-state index in [1.165, 1.54) is 4.90 Å². The molecule has 0 radical (unpaired) electrons. The highest BCUT2D eigenvalue weighted by molar-refractivity contribution is 8.03. The molecule has 1 N–H and O–H groups in total. The van der Waals surface area contributed by atoms with E-state index in [9.17, 15) is 9.59 Å². The van der Waals surface area contributed by atoms with Crippen molar-refractivity contribution in [2.24, 2.45) is 0 Å². The minimum Gasteiger partial charge on any atom is -0.305 e. The molecule has 0 atom stereocenters. The van der Waals surface area contributed by atoms with E-state index >= 15 is 0 Å². The molecule has 58 valence electrons. The van der Waals surface area contributed by atoms with Gasteiger partial charge in [-0.05, 0) is 11.8 Å². The van der Waals surface area contributed by atoms with Crippen molar-refractivity contribution in [3.63, 3.8) is 0 Å². The second-order valence-electron chi connectivity index (χ2n) is 1.92. The van der Waals surface area contributed by atoms with Crippen molar-refractivity contribution in [1.82, 2.24) is 10.2 Å². The minimum absolute atomic E-state index is 0.0630. The largest absolute Gasteiger partial charge is 0.325 e. The summed E-state index contributed by atoms with van der Waals surface area (Å²) in [6.45, 7) is 0.0630. The van der Waals surface area contributed by atoms with Crippen LogP contribution in [0.4, 0.5) is 4.79 Å². The normalized spacial score (nSPS) is 16.5. The topological polar surface area (TPSA) is 73.2 Å². The zero-order valence-electron chi connectivity index (χ0n) is 5.53. The van der Waals surface area contributed by atoms with Gasteiger partial charge in [0.25, 0.3) is 0 Å². The van der Waals surface area contributed by atoms with E-state index in [0.29, 0.717) is 0 Å². The summed E-state index contributed by atoms with van der Waals surface area (Å²) >= 11 is 0.930. The van der Waals surface area contributed by atoms with Crippen molar-refractivity contribution in [3.05, 3.63) is 0 Å². The average molecular weight is 171 g/mol. The molecule has 0 spiro atoms. The van der Waals surface area contributed by atoms with Crippen molar-refractivity contribution >= 4 is 23.7 Å². The molecular formula is C5H5N3O2S. The molecule has 5 nitrogen and oxygen atoms in total. The lowest BCUT2D eigenvalue weighted by Gasteiger charge is -2.07. The summed E-state index contributed by atoms with van der Waals surface area (Å²) in [6, 6.07) is -0.419. The number of rotatable bonds is 2. The molecule has 0 bridgehead atoms. The van der Waals surface area contributed by atoms with Gasteiger partial charge >= 0.3 is 6.03 Å². The van der Waals surface area contributed by atoms with Crippen LogP contribution in [0, 0.1) is 10.7 Å². The molecule has 1 saturated heterocycles. The lowest BCUT2D eigenvalue weighted by molar-refractivity contribution is -0.118. The SMILES string of the molecule is N#CSCN1CC(=O)NC1=O. The van der Waals surface area contributed by atoms with Crippen molar-refractivity contribution in [1.29, 1.82) is 5.26 Å². The van der Waals surface area contributed by atoms with Crippen molar-refractivity contribution in [3.8, 4) is 5.40 Å². The maximum absolute atomic E-state index is 10.8. The van der Waals surface area contributed by atoms with E-state index in [-0.39, 0.29) is 18.3 Å². The lowest BCUT2D eigenvalue weighted by Crippen LogP contribution is -2.27. The molecular weight excluding hydrogens is 166 g/mol. The van der Waals surface area contributed by atoms with Gasteiger partial charge in [-0.3, -0.25) is 10.1 Å². The van der Waals surface area contributed by atoms with Crippen molar-refractivity contribution in [2.45, 2.75) is 0 Å². The standard InChI is InChI=1S/C5H5N3O2S/c6-2-11-3-8-1-4(9)7-5(8)10/h1,3H2,(H,7,9,10). The quantitative estimate of drug-likeness (QED) is 0.457. The Morgan fingerprint density at radius 1 is 1.73 bits per heavy atom. The fourth-order valence-electron chi connectivity index (χ4n) is 0.694. The Morgan fingerprint density at radius 3 is 2.91 bits per heavy atom. The second-order valence-corrected chi connectivity index (χ2v) is 2.65. The summed E-state index contributed by atoms with van der Waals surface area (Å²) in [5.41, 5.74) is 0. The second kappa shape index (κ2) is 3.25. The predicted octanol–water partition coefficient (Wildman–Crippen LogP) is -0.290. The summed E-state index contributed by atoms with van der Waals surface area (Å²) in [6.07, 6.45) is 0. The van der Waals surface area contributed by atoms with Gasteiger partial charge in [0, 0.05) is 0 Å². The molecule has 1 aliphatic rings. The zero-order valence-corrected chi connectivity index (χ0v) is 6.35. The van der Waals surface area contributed by atoms with Crippen LogP contribution in [0.15, 0.2) is 0 Å². The fraction of sp³-hybridized carbons (Fsp3) is 0.400. The summed E-state index contributed by atoms with van der Waals surface area (Å²) < 4.78 is 0. The minimum atomic E-state index is -0.419. The number of thioether (sulfide) groups is 1. The molecule has 0 aromatic heterocycles. The van der Waals surface area contributed by atoms with Crippen LogP contribution in [0.3, 0.4) is 0 Å². The van der Waals surface area contributed by atoms with Gasteiger partial charge in [0.15, 0.2) is 0 Å². The van der Waals surface area contributed by atoms with Crippen LogP contribution in [0.5, 0.6) is 0 Å². The molecule has 0 aliphatic carbocycles. The first-order valence-corrected chi connectivity index (χ1v) is 3.82. The summed E-state index contributed by atoms with van der Waals surface area (Å²) in [5.74, 6) is -0.0674. The molecule has 0 aromatic carbocycles. The van der Waals surface area contributed by atoms with Gasteiger partial charge in [-0.1, -0.05) is 0 Å². The van der Waals surface area contributed by atoms with E-state index in [0.717, 1.165) is 11.8 Å². The van der Waals surface area contributed by atoms with E-state index in [1.807, 2.05) is 5.40 Å². The van der Waals surface area contributed by atoms with Gasteiger partial charge in [0.05, 0.1) is 5.88 Å². The Morgan fingerprint density at radius 2 is 2.45 bits per heavy atom. The van der Waals surface area contributed by atoms with Crippen LogP contribution >= 0.6 is 11.8 Å². The monoisotopic (exact) mass is 171 g/mol. The molecule has 6 heteroatoms. The number of carbonyl (C=O) groups excluding carboxylic acids is 2. The molecule has 1 rings (SSSR count). The van der Waals surface area contributed by atoms with Crippen molar-refractivity contribution in [2.75, 3.05) is 12.4 Å². The number of urea groups is 1. The molecule has 3 amide bonds. The zero-order chi connectivity index (χ0) is 8.27. The molecule has 0 aromatic rings. The molecule has 1 aliphatic heterocycles. The Bertz CT molecular complexity index is 234. The third-order valence-electron chi connectivity index (χ3n) is 1.15. The maximum Gasteiger partial charge on any atom is 0.325 e. The molecule has 0 saturated carbocycles. The Balaban J connectivity index is 2.42. The highest BCUT2D eigenvalue weighted by Crippen LogP contribution is 2.05. The van der Waals surface area contributed by atoms with Gasteiger partial charge < -0.3 is 4.90 Å². The fourth-order valence-corrected chi connectivity index (χ4v) is 1.12. The van der Waals surface area contributed by atoms with Gasteiger partial charge in [0.2, 0.25) is 5.91 Å². The third-order valence-corrected chi connectivity index (χ3v) is 1.72. The van der Waals surface area contributed by atoms with Crippen LogP contribution in [0.25, 0.3) is 0 Å². The number of thiocyanates is 1. The van der Waals surface area contributed by atoms with E-state index in [2.05, 4.69) is 5.32 Å². The first-order chi connectivity index (χ1) is 5.24. The van der Waals surface area contributed by atoms with Gasteiger partial charge in [-0.15, -0.1) is 0 Å². The van der Waals surface area contributed by atoms with Crippen molar-refractivity contribution < 1.29 is 9.59 Å². The smallest absolute Gasteiger partial charge is 0.305 e. The Kier molecular flexibility index (Phi) is 2.33. The summed E-state index contributed by atoms with van der Waals surface area (Å²) in [7, 11) is 0. The molecule has 1 heterocycles. The van der Waals surface area contributed by atoms with E-state index < -0.39 is 6.03 Å². The summed E-state index contributed by atoms with van der Waals surface area (Å²) in [5, 5.41) is 12.1. The number of hydrogen-bond donors (Lipinski definition) is 1. The van der Waals surface area contributed by atoms with Crippen LogP contribution < -0.4 is 5.32 Å². The molecule has 1 fully saturated rings. The third kappa shape index (κ3) is 1.85. The number of amides is 3. The highest BCUT2D eigenvalue weighted by Gasteiger charge is 2.25. The average Bonchev–Trinajstić information content (AvgIpc) is 2.26. The summed E-state index contributed by atoms with van der Waals surface area (Å²) in [4.78, 5) is 22.6. The number of hydrogen-bond acceptors (Lipinski definition) is 4. The number of nitrogens with one attached hydrogen (secondary N) is 1. The first-order valence-electron chi connectivity index (χ1n) is 2.83. The van der Waals surface area contributed by atoms with Crippen LogP contribution in [-0.4, -0.2) is 29.3 Å². The van der Waals surface area contributed by atoms with Gasteiger partial charge in [0.1, 0.15) is 11.9 Å². The molecule has 11 heavy (non-hydrogen) atoms. The van der Waals surface area contributed by atoms with Crippen LogP contribution in [0.1, 0.15) is 0 Å². The van der Waals surface area contributed by atoms with Crippen LogP contribution in [0.2, 0.25) is 0 Å². The Hall–Kier alpha value is -1.22. The van der Waals surface area contributed by atoms with Crippen LogP contribution in [-0.2, 0) is 4.79 Å². The lowest BCUT2D eigenvalue weighted by atomic mass is 10.6. The van der Waals surface area contributed by atoms with Gasteiger partial charge in [-0.25, -0.2) is 4.79 Å².